The topological polar surface area (TPSA) is 15.3 Å². The number of nitrogens with zero attached hydrogens (tertiary/aromatic N) is 1. The van der Waals surface area contributed by atoms with Crippen LogP contribution in [0.15, 0.2) is 0 Å². The number of rotatable bonds is 24. The van der Waals surface area contributed by atoms with Crippen molar-refractivity contribution in [1.82, 2.24) is 10.2 Å². The summed E-state index contributed by atoms with van der Waals surface area (Å²) in [5.74, 6) is 3.34. The van der Waals surface area contributed by atoms with Crippen molar-refractivity contribution in [3.63, 3.8) is 0 Å². The molecule has 0 saturated carbocycles. The smallest absolute Gasteiger partial charge is 0.133 e. The van der Waals surface area contributed by atoms with Crippen LogP contribution in [-0.2, 0) is 0 Å². The predicted octanol–water partition coefficient (Wildman–Crippen LogP) is 10.9. The molecule has 0 aliphatic carbocycles. The van der Waals surface area contributed by atoms with Gasteiger partial charge in [-0.15, -0.1) is 12.6 Å². The summed E-state index contributed by atoms with van der Waals surface area (Å²) in [6.45, 7) is 23.0. The molecule has 2 nitrogen and oxygen atoms in total. The number of thiol groups is 1. The van der Waals surface area contributed by atoms with Crippen LogP contribution in [-0.4, -0.2) is 35.4 Å². The van der Waals surface area contributed by atoms with Crippen molar-refractivity contribution >= 4 is 29.2 Å². The van der Waals surface area contributed by atoms with E-state index >= 15 is 0 Å². The molecule has 224 valence electrons. The Morgan fingerprint density at radius 2 is 0.865 bits per heavy atom. The van der Waals surface area contributed by atoms with Gasteiger partial charge in [-0.05, 0) is 62.4 Å². The summed E-state index contributed by atoms with van der Waals surface area (Å²) in [7, 11) is 0. The van der Waals surface area contributed by atoms with Gasteiger partial charge < -0.3 is 10.2 Å². The van der Waals surface area contributed by atoms with Crippen LogP contribution >= 0.6 is 24.8 Å². The fraction of sp³-hybridized carbons (Fsp3) is 0.970. The Hall–Kier alpha value is 0.200. The van der Waals surface area contributed by atoms with E-state index in [9.17, 15) is 0 Å². The van der Waals surface area contributed by atoms with Gasteiger partial charge in [-0.2, -0.15) is 0 Å². The molecule has 0 amide bonds. The van der Waals surface area contributed by atoms with Crippen LogP contribution in [0, 0.1) is 23.7 Å². The van der Waals surface area contributed by atoms with Crippen LogP contribution in [0.5, 0.6) is 0 Å². The van der Waals surface area contributed by atoms with E-state index in [4.69, 9.17) is 12.2 Å². The van der Waals surface area contributed by atoms with Gasteiger partial charge in [0, 0.05) is 13.1 Å². The van der Waals surface area contributed by atoms with Crippen molar-refractivity contribution < 1.29 is 0 Å². The van der Waals surface area contributed by atoms with Crippen LogP contribution in [0.25, 0.3) is 0 Å². The largest absolute Gasteiger partial charge is 0.357 e. The Morgan fingerprint density at radius 1 is 0.568 bits per heavy atom. The van der Waals surface area contributed by atoms with Crippen LogP contribution in [0.3, 0.4) is 0 Å². The van der Waals surface area contributed by atoms with Gasteiger partial charge in [0.15, 0.2) is 0 Å². The van der Waals surface area contributed by atoms with Gasteiger partial charge in [0.05, 0.1) is 0 Å². The first-order chi connectivity index (χ1) is 17.9. The van der Waals surface area contributed by atoms with E-state index in [-0.39, 0.29) is 0 Å². The lowest BCUT2D eigenvalue weighted by Gasteiger charge is -2.31. The van der Waals surface area contributed by atoms with Crippen LogP contribution < -0.4 is 5.32 Å². The van der Waals surface area contributed by atoms with Crippen molar-refractivity contribution in [3.05, 3.63) is 0 Å². The predicted molar refractivity (Wildman–Crippen MR) is 179 cm³/mol. The first kappa shape index (κ1) is 39.3. The maximum Gasteiger partial charge on any atom is 0.133 e. The molecule has 0 aromatic heterocycles. The minimum Gasteiger partial charge on any atom is -0.357 e. The molecule has 0 radical (unpaired) electrons. The Labute approximate surface area is 246 Å². The Kier molecular flexibility index (Phi) is 31.0. The number of nitrogens with one attached hydrogen (secondary N) is 1. The normalized spacial score (nSPS) is 14.4. The van der Waals surface area contributed by atoms with Crippen LogP contribution in [0.2, 0.25) is 0 Å². The van der Waals surface area contributed by atoms with Crippen LogP contribution in [0.1, 0.15) is 158 Å². The van der Waals surface area contributed by atoms with Gasteiger partial charge in [-0.25, -0.2) is 0 Å². The summed E-state index contributed by atoms with van der Waals surface area (Å²) in [6, 6.07) is 0. The first-order valence-corrected chi connectivity index (χ1v) is 17.4. The molecule has 0 aromatic rings. The molecular formula is C33H70N2S2. The van der Waals surface area contributed by atoms with Crippen LogP contribution in [0.4, 0.5) is 0 Å². The maximum absolute atomic E-state index is 5.36. The average molecular weight is 559 g/mol. The van der Waals surface area contributed by atoms with E-state index in [0.29, 0.717) is 0 Å². The van der Waals surface area contributed by atoms with Gasteiger partial charge in [-0.3, -0.25) is 0 Å². The molecule has 0 saturated heterocycles. The fourth-order valence-corrected chi connectivity index (χ4v) is 5.38. The van der Waals surface area contributed by atoms with Gasteiger partial charge >= 0.3 is 0 Å². The molecule has 37 heavy (non-hydrogen) atoms. The van der Waals surface area contributed by atoms with E-state index in [1.807, 2.05) is 0 Å². The lowest BCUT2D eigenvalue weighted by atomic mass is 9.96. The molecule has 0 aliphatic heterocycles. The maximum atomic E-state index is 5.36. The lowest BCUT2D eigenvalue weighted by molar-refractivity contribution is 0.269. The molecule has 4 heteroatoms. The summed E-state index contributed by atoms with van der Waals surface area (Å²) in [6.07, 6.45) is 21.3. The number of hydrogen-bond acceptors (Lipinski definition) is 2. The highest BCUT2D eigenvalue weighted by Gasteiger charge is 2.17. The highest BCUT2D eigenvalue weighted by atomic mass is 32.1. The number of hydrogen-bond donors (Lipinski definition) is 2. The highest BCUT2D eigenvalue weighted by molar-refractivity contribution is 8.10. The minimum absolute atomic E-state index is 0.767. The molecule has 0 aliphatic rings. The Morgan fingerprint density at radius 3 is 1.11 bits per heavy atom. The zero-order chi connectivity index (χ0) is 28.3. The molecule has 0 heterocycles. The summed E-state index contributed by atoms with van der Waals surface area (Å²) < 4.78 is 0.787. The zero-order valence-electron chi connectivity index (χ0n) is 26.8. The minimum atomic E-state index is 0.767. The molecule has 0 fully saturated rings. The molecule has 1 N–H and O–H groups in total. The van der Waals surface area contributed by atoms with Gasteiger partial charge in [-0.1, -0.05) is 145 Å². The molecule has 0 spiro atoms. The highest BCUT2D eigenvalue weighted by Crippen LogP contribution is 2.20. The van der Waals surface area contributed by atoms with Crippen molar-refractivity contribution in [2.75, 3.05) is 26.2 Å². The third kappa shape index (κ3) is 23.8. The van der Waals surface area contributed by atoms with Gasteiger partial charge in [0.25, 0.3) is 0 Å². The number of thiocarbonyl (C=S) groups is 1. The molecule has 0 bridgehead atoms. The van der Waals surface area contributed by atoms with Gasteiger partial charge in [0.1, 0.15) is 4.32 Å². The lowest BCUT2D eigenvalue weighted by Crippen LogP contribution is -2.35. The number of unbranched alkanes of at least 4 members (excludes halogenated alkanes) is 4. The van der Waals surface area contributed by atoms with Crippen molar-refractivity contribution in [1.29, 1.82) is 0 Å². The second kappa shape index (κ2) is 29.2. The monoisotopic (exact) mass is 558 g/mol. The SMILES string of the molecule is CCCCC(CC)CN(CC(CC)CCCC)C(=S)S.CCCCC(CC)CNCC(CC)CCCC. The van der Waals surface area contributed by atoms with Crippen molar-refractivity contribution in [2.24, 2.45) is 23.7 Å². The quantitative estimate of drug-likeness (QED) is 0.0905. The average Bonchev–Trinajstić information content (AvgIpc) is 2.91. The molecular weight excluding hydrogens is 489 g/mol. The van der Waals surface area contributed by atoms with Gasteiger partial charge in [0.2, 0.25) is 0 Å². The van der Waals surface area contributed by atoms with Crippen molar-refractivity contribution in [3.8, 4) is 0 Å². The molecule has 0 aromatic carbocycles. The summed E-state index contributed by atoms with van der Waals surface area (Å²) >= 11 is 9.82. The second-order valence-electron chi connectivity index (χ2n) is 11.5. The van der Waals surface area contributed by atoms with E-state index in [0.717, 1.165) is 41.1 Å². The Balaban J connectivity index is 0. The third-order valence-electron chi connectivity index (χ3n) is 8.27. The third-order valence-corrected chi connectivity index (χ3v) is 8.81. The summed E-state index contributed by atoms with van der Waals surface area (Å²) in [5, 5.41) is 3.71. The summed E-state index contributed by atoms with van der Waals surface area (Å²) in [5.41, 5.74) is 0. The van der Waals surface area contributed by atoms with Crippen molar-refractivity contribution in [2.45, 2.75) is 158 Å². The van der Waals surface area contributed by atoms with E-state index in [1.54, 1.807) is 0 Å². The van der Waals surface area contributed by atoms with E-state index in [1.165, 1.54) is 116 Å². The zero-order valence-corrected chi connectivity index (χ0v) is 28.5. The molecule has 4 unspecified atom stereocenters. The standard InChI is InChI=1S/C17H35NS2.C16H35N/c1-5-9-11-15(7-3)13-18(17(19)20)14-16(8-4)12-10-6-2;1-5-9-11-15(7-3)13-17-14-16(8-4)12-10-6-2/h15-16H,5-14H2,1-4H3,(H,19,20);15-17H,5-14H2,1-4H3. The summed E-state index contributed by atoms with van der Waals surface area (Å²) in [4.78, 5) is 2.35. The molecule has 4 atom stereocenters. The van der Waals surface area contributed by atoms with E-state index in [2.05, 4.69) is 78.2 Å². The van der Waals surface area contributed by atoms with E-state index < -0.39 is 0 Å². The Bertz CT molecular complexity index is 437. The molecule has 0 rings (SSSR count). The fourth-order valence-electron chi connectivity index (χ4n) is 5.07. The second-order valence-corrected chi connectivity index (χ2v) is 12.6. The first-order valence-electron chi connectivity index (χ1n) is 16.5.